The van der Waals surface area contributed by atoms with Crippen molar-refractivity contribution in [3.63, 3.8) is 0 Å². The molecule has 46 heavy (non-hydrogen) atoms. The maximum absolute atomic E-state index is 9.67. The molecule has 0 fully saturated rings. The molecule has 2 aromatic heterocycles. The molecular formula is C38H24N2O6. The molecule has 2 heterocycles. The van der Waals surface area contributed by atoms with E-state index in [0.29, 0.717) is 45.9 Å². The Balaban J connectivity index is 1.01. The highest BCUT2D eigenvalue weighted by Gasteiger charge is 2.13. The van der Waals surface area contributed by atoms with Crippen LogP contribution in [-0.2, 0) is 0 Å². The average Bonchev–Trinajstić information content (AvgIpc) is 3.69. The Morgan fingerprint density at radius 2 is 0.826 bits per heavy atom. The molecule has 0 aliphatic heterocycles. The van der Waals surface area contributed by atoms with Crippen molar-refractivity contribution in [1.29, 1.82) is 0 Å². The van der Waals surface area contributed by atoms with Crippen molar-refractivity contribution < 1.29 is 28.5 Å². The summed E-state index contributed by atoms with van der Waals surface area (Å²) in [6, 6.07) is 40.0. The van der Waals surface area contributed by atoms with Crippen LogP contribution in [0.2, 0.25) is 0 Å². The number of ether oxygens (including phenoxy) is 2. The zero-order valence-corrected chi connectivity index (χ0v) is 24.1. The number of oxazole rings is 2. The van der Waals surface area contributed by atoms with Gasteiger partial charge >= 0.3 is 0 Å². The number of benzene rings is 6. The highest BCUT2D eigenvalue weighted by atomic mass is 16.5. The minimum atomic E-state index is 0.144. The maximum atomic E-state index is 9.67. The van der Waals surface area contributed by atoms with Crippen molar-refractivity contribution in [3.8, 4) is 68.5 Å². The van der Waals surface area contributed by atoms with E-state index in [4.69, 9.17) is 18.3 Å². The average molecular weight is 605 g/mol. The van der Waals surface area contributed by atoms with Gasteiger partial charge in [0.15, 0.2) is 11.2 Å². The zero-order valence-electron chi connectivity index (χ0n) is 24.1. The normalized spacial score (nSPS) is 11.2. The van der Waals surface area contributed by atoms with Gasteiger partial charge < -0.3 is 28.5 Å². The molecule has 0 bridgehead atoms. The predicted octanol–water partition coefficient (Wildman–Crippen LogP) is 9.97. The molecule has 0 unspecified atom stereocenters. The molecule has 8 nitrogen and oxygen atoms in total. The van der Waals surface area contributed by atoms with Gasteiger partial charge in [-0.3, -0.25) is 0 Å². The third-order valence-electron chi connectivity index (χ3n) is 7.42. The van der Waals surface area contributed by atoms with Crippen LogP contribution in [0.4, 0.5) is 0 Å². The standard InChI is InChI=1S/C38H24N2O6/c41-27-3-1-5-31(21-27)43-29-13-7-23(8-14-29)37-39-33-17-11-25(19-35(33)45-37)26-12-18-34-36(20-26)46-38(40-34)24-9-15-30(16-10-24)44-32-6-2-4-28(42)22-32/h1-22,41-42H. The number of hydrogen-bond acceptors (Lipinski definition) is 8. The van der Waals surface area contributed by atoms with Crippen molar-refractivity contribution in [2.45, 2.75) is 0 Å². The molecule has 0 spiro atoms. The highest BCUT2D eigenvalue weighted by molar-refractivity contribution is 5.86. The van der Waals surface area contributed by atoms with E-state index >= 15 is 0 Å². The molecule has 0 saturated carbocycles. The van der Waals surface area contributed by atoms with Gasteiger partial charge in [0.1, 0.15) is 45.5 Å². The van der Waals surface area contributed by atoms with Crippen LogP contribution in [0.3, 0.4) is 0 Å². The van der Waals surface area contributed by atoms with Crippen LogP contribution >= 0.6 is 0 Å². The van der Waals surface area contributed by atoms with Crippen molar-refractivity contribution in [2.24, 2.45) is 0 Å². The molecule has 222 valence electrons. The lowest BCUT2D eigenvalue weighted by molar-refractivity contribution is 0.454. The van der Waals surface area contributed by atoms with E-state index in [-0.39, 0.29) is 11.5 Å². The van der Waals surface area contributed by atoms with Crippen LogP contribution in [0, 0.1) is 0 Å². The summed E-state index contributed by atoms with van der Waals surface area (Å²) in [6.07, 6.45) is 0. The second-order valence-electron chi connectivity index (χ2n) is 10.7. The van der Waals surface area contributed by atoms with E-state index in [9.17, 15) is 10.2 Å². The summed E-state index contributed by atoms with van der Waals surface area (Å²) in [7, 11) is 0. The summed E-state index contributed by atoms with van der Waals surface area (Å²) in [4.78, 5) is 9.35. The van der Waals surface area contributed by atoms with Crippen molar-refractivity contribution in [2.75, 3.05) is 0 Å². The van der Waals surface area contributed by atoms with E-state index in [0.717, 1.165) is 33.3 Å². The fraction of sp³-hybridized carbons (Fsp3) is 0. The third-order valence-corrected chi connectivity index (χ3v) is 7.42. The number of hydrogen-bond donors (Lipinski definition) is 2. The van der Waals surface area contributed by atoms with Gasteiger partial charge in [0.05, 0.1) is 0 Å². The van der Waals surface area contributed by atoms with E-state index in [1.165, 1.54) is 0 Å². The third kappa shape index (κ3) is 5.46. The Bertz CT molecular complexity index is 2170. The van der Waals surface area contributed by atoms with E-state index in [1.54, 1.807) is 48.5 Å². The van der Waals surface area contributed by atoms with Gasteiger partial charge in [-0.2, -0.15) is 0 Å². The van der Waals surface area contributed by atoms with Crippen LogP contribution in [0.1, 0.15) is 0 Å². The van der Waals surface area contributed by atoms with Gasteiger partial charge in [0.25, 0.3) is 0 Å². The summed E-state index contributed by atoms with van der Waals surface area (Å²) in [6.45, 7) is 0. The van der Waals surface area contributed by atoms with Gasteiger partial charge in [-0.05, 0) is 108 Å². The number of nitrogens with zero attached hydrogens (tertiary/aromatic N) is 2. The Morgan fingerprint density at radius 1 is 0.413 bits per heavy atom. The van der Waals surface area contributed by atoms with Crippen molar-refractivity contribution >= 4 is 22.2 Å². The molecule has 8 rings (SSSR count). The largest absolute Gasteiger partial charge is 0.508 e. The fourth-order valence-corrected chi connectivity index (χ4v) is 5.15. The molecule has 8 heteroatoms. The summed E-state index contributed by atoms with van der Waals surface area (Å²) >= 11 is 0. The van der Waals surface area contributed by atoms with Crippen LogP contribution in [0.15, 0.2) is 142 Å². The summed E-state index contributed by atoms with van der Waals surface area (Å²) < 4.78 is 23.9. The number of aromatic nitrogens is 2. The van der Waals surface area contributed by atoms with Gasteiger partial charge in [-0.25, -0.2) is 9.97 Å². The number of phenols is 2. The topological polar surface area (TPSA) is 111 Å². The van der Waals surface area contributed by atoms with Gasteiger partial charge in [-0.15, -0.1) is 0 Å². The number of fused-ring (bicyclic) bond motifs is 2. The van der Waals surface area contributed by atoms with E-state index in [2.05, 4.69) is 9.97 Å². The first-order valence-corrected chi connectivity index (χ1v) is 14.5. The summed E-state index contributed by atoms with van der Waals surface area (Å²) in [5, 5.41) is 19.3. The van der Waals surface area contributed by atoms with Gasteiger partial charge in [0, 0.05) is 23.3 Å². The molecule has 0 saturated heterocycles. The molecule has 0 radical (unpaired) electrons. The first-order chi connectivity index (χ1) is 22.5. The first-order valence-electron chi connectivity index (χ1n) is 14.5. The van der Waals surface area contributed by atoms with Crippen molar-refractivity contribution in [1.82, 2.24) is 9.97 Å². The molecule has 2 N–H and O–H groups in total. The number of phenolic OH excluding ortho intramolecular Hbond substituents is 2. The smallest absolute Gasteiger partial charge is 0.227 e. The van der Waals surface area contributed by atoms with Gasteiger partial charge in [-0.1, -0.05) is 24.3 Å². The number of aromatic hydroxyl groups is 2. The SMILES string of the molecule is Oc1cccc(Oc2ccc(-c3nc4ccc(-c5ccc6nc(-c7ccc(Oc8cccc(O)c8)cc7)oc6c5)cc4o3)cc2)c1. The molecular weight excluding hydrogens is 580 g/mol. The lowest BCUT2D eigenvalue weighted by Crippen LogP contribution is -1.84. The van der Waals surface area contributed by atoms with Crippen LogP contribution in [0.5, 0.6) is 34.5 Å². The highest BCUT2D eigenvalue weighted by Crippen LogP contribution is 2.34. The lowest BCUT2D eigenvalue weighted by atomic mass is 10.1. The molecule has 0 aliphatic carbocycles. The van der Waals surface area contributed by atoms with Crippen molar-refractivity contribution in [3.05, 3.63) is 133 Å². The summed E-state index contributed by atoms with van der Waals surface area (Å²) in [5.74, 6) is 3.66. The summed E-state index contributed by atoms with van der Waals surface area (Å²) in [5.41, 5.74) is 6.37. The second kappa shape index (κ2) is 11.2. The van der Waals surface area contributed by atoms with E-state index < -0.39 is 0 Å². The Morgan fingerprint density at radius 3 is 1.24 bits per heavy atom. The van der Waals surface area contributed by atoms with Crippen LogP contribution in [0.25, 0.3) is 56.2 Å². The number of rotatable bonds is 7. The minimum absolute atomic E-state index is 0.144. The van der Waals surface area contributed by atoms with E-state index in [1.807, 2.05) is 84.9 Å². The molecule has 0 amide bonds. The molecule has 8 aromatic rings. The minimum Gasteiger partial charge on any atom is -0.508 e. The maximum Gasteiger partial charge on any atom is 0.227 e. The molecule has 0 atom stereocenters. The van der Waals surface area contributed by atoms with Crippen LogP contribution in [-0.4, -0.2) is 20.2 Å². The van der Waals surface area contributed by atoms with Crippen LogP contribution < -0.4 is 9.47 Å². The Kier molecular flexibility index (Phi) is 6.58. The monoisotopic (exact) mass is 604 g/mol. The quantitative estimate of drug-likeness (QED) is 0.185. The molecule has 0 aliphatic rings. The zero-order chi connectivity index (χ0) is 31.0. The Hall–Kier alpha value is -6.54. The van der Waals surface area contributed by atoms with Gasteiger partial charge in [0.2, 0.25) is 11.8 Å². The predicted molar refractivity (Wildman–Crippen MR) is 174 cm³/mol. The molecule has 6 aromatic carbocycles. The Labute approximate surface area is 262 Å². The fourth-order valence-electron chi connectivity index (χ4n) is 5.15. The first kappa shape index (κ1) is 27.0. The lowest BCUT2D eigenvalue weighted by Gasteiger charge is -2.06. The second-order valence-corrected chi connectivity index (χ2v) is 10.7.